The molecule has 1 fully saturated rings. The zero-order valence-corrected chi connectivity index (χ0v) is 18.2. The molecule has 0 aromatic heterocycles. The zero-order chi connectivity index (χ0) is 20.9. The van der Waals surface area contributed by atoms with Gasteiger partial charge >= 0.3 is 0 Å². The van der Waals surface area contributed by atoms with Crippen molar-refractivity contribution in [3.05, 3.63) is 23.8 Å². The van der Waals surface area contributed by atoms with Gasteiger partial charge in [-0.25, -0.2) is 0 Å². The molecule has 0 aliphatic carbocycles. The number of benzene rings is 1. The fourth-order valence-electron chi connectivity index (χ4n) is 3.55. The highest BCUT2D eigenvalue weighted by Gasteiger charge is 2.39. The summed E-state index contributed by atoms with van der Waals surface area (Å²) in [4.78, 5) is 14.0. The highest BCUT2D eigenvalue weighted by Crippen LogP contribution is 2.40. The lowest BCUT2D eigenvalue weighted by atomic mass is 10.0. The Kier molecular flexibility index (Phi) is 7.68. The van der Waals surface area contributed by atoms with Gasteiger partial charge in [0.2, 0.25) is 5.91 Å². The fourth-order valence-corrected chi connectivity index (χ4v) is 5.09. The number of carbonyl (C=O) groups excluding carboxylic acids is 1. The smallest absolute Gasteiger partial charge is 0.282 e. The van der Waals surface area contributed by atoms with Crippen LogP contribution in [0.15, 0.2) is 18.2 Å². The average molecular weight is 414 g/mol. The van der Waals surface area contributed by atoms with E-state index >= 15 is 0 Å². The van der Waals surface area contributed by atoms with Crippen LogP contribution in [0.2, 0.25) is 0 Å². The van der Waals surface area contributed by atoms with Crippen LogP contribution in [-0.2, 0) is 15.0 Å². The maximum Gasteiger partial charge on any atom is 0.282 e. The van der Waals surface area contributed by atoms with E-state index in [0.29, 0.717) is 37.6 Å². The van der Waals surface area contributed by atoms with Crippen LogP contribution in [0.1, 0.15) is 38.3 Å². The molecule has 1 aliphatic heterocycles. The first-order chi connectivity index (χ1) is 13.3. The van der Waals surface area contributed by atoms with Crippen molar-refractivity contribution >= 4 is 16.1 Å². The summed E-state index contributed by atoms with van der Waals surface area (Å²) in [5, 5.41) is 0. The van der Waals surface area contributed by atoms with Gasteiger partial charge in [-0.1, -0.05) is 0 Å². The van der Waals surface area contributed by atoms with Gasteiger partial charge in [0, 0.05) is 32.2 Å². The molecule has 28 heavy (non-hydrogen) atoms. The van der Waals surface area contributed by atoms with Crippen molar-refractivity contribution in [2.75, 3.05) is 47.4 Å². The summed E-state index contributed by atoms with van der Waals surface area (Å²) in [7, 11) is 0.785. The van der Waals surface area contributed by atoms with E-state index in [-0.39, 0.29) is 18.5 Å². The number of methoxy groups -OCH3 is 2. The minimum absolute atomic E-state index is 0.178. The van der Waals surface area contributed by atoms with E-state index in [2.05, 4.69) is 0 Å². The lowest BCUT2D eigenvalue weighted by Gasteiger charge is -2.30. The first-order valence-electron chi connectivity index (χ1n) is 9.52. The van der Waals surface area contributed by atoms with Crippen LogP contribution in [0.25, 0.3) is 0 Å². The second-order valence-electron chi connectivity index (χ2n) is 6.71. The number of nitrogens with zero attached hydrogens (tertiary/aromatic N) is 3. The molecule has 1 saturated heterocycles. The lowest BCUT2D eigenvalue weighted by Crippen LogP contribution is -2.46. The van der Waals surface area contributed by atoms with Crippen molar-refractivity contribution in [3.8, 4) is 11.5 Å². The largest absolute Gasteiger partial charge is 0.497 e. The standard InChI is InChI=1S/C19H31N3O5S/c1-6-21(7-2)19(23)14-20(3)28(24,25)22-12-8-9-17(22)16-13-15(26-4)10-11-18(16)27-5/h10-11,13,17H,6-9,12,14H2,1-5H3. The monoisotopic (exact) mass is 413 g/mol. The Hall–Kier alpha value is -1.84. The maximum absolute atomic E-state index is 13.2. The third-order valence-corrected chi connectivity index (χ3v) is 7.11. The molecule has 1 heterocycles. The van der Waals surface area contributed by atoms with E-state index < -0.39 is 10.2 Å². The van der Waals surface area contributed by atoms with Gasteiger partial charge < -0.3 is 14.4 Å². The van der Waals surface area contributed by atoms with Gasteiger partial charge in [-0.2, -0.15) is 17.0 Å². The van der Waals surface area contributed by atoms with Crippen LogP contribution in [0.5, 0.6) is 11.5 Å². The molecule has 0 radical (unpaired) electrons. The Balaban J connectivity index is 2.29. The first-order valence-corrected chi connectivity index (χ1v) is 10.9. The van der Waals surface area contributed by atoms with E-state index in [1.165, 1.54) is 11.4 Å². The molecule has 0 spiro atoms. The second kappa shape index (κ2) is 9.58. The van der Waals surface area contributed by atoms with Gasteiger partial charge in [-0.05, 0) is 44.9 Å². The molecule has 1 aromatic rings. The van der Waals surface area contributed by atoms with Crippen LogP contribution in [0.3, 0.4) is 0 Å². The molecule has 1 amide bonds. The van der Waals surface area contributed by atoms with E-state index in [9.17, 15) is 13.2 Å². The van der Waals surface area contributed by atoms with Crippen LogP contribution < -0.4 is 9.47 Å². The number of likely N-dealkylation sites (N-methyl/N-ethyl adjacent to an activating group) is 2. The fraction of sp³-hybridized carbons (Fsp3) is 0.632. The molecule has 1 atom stereocenters. The summed E-state index contributed by atoms with van der Waals surface area (Å²) in [6.07, 6.45) is 1.42. The van der Waals surface area contributed by atoms with E-state index in [1.807, 2.05) is 19.9 Å². The SMILES string of the molecule is CCN(CC)C(=O)CN(C)S(=O)(=O)N1CCCC1c1cc(OC)ccc1OC. The molecule has 0 bridgehead atoms. The summed E-state index contributed by atoms with van der Waals surface area (Å²) >= 11 is 0. The Morgan fingerprint density at radius 3 is 2.46 bits per heavy atom. The number of rotatable bonds is 9. The second-order valence-corrected chi connectivity index (χ2v) is 8.69. The van der Waals surface area contributed by atoms with Gasteiger partial charge in [0.1, 0.15) is 11.5 Å². The van der Waals surface area contributed by atoms with Crippen molar-refractivity contribution in [1.29, 1.82) is 0 Å². The van der Waals surface area contributed by atoms with Crippen molar-refractivity contribution in [3.63, 3.8) is 0 Å². The van der Waals surface area contributed by atoms with Gasteiger partial charge in [0.15, 0.2) is 0 Å². The third kappa shape index (κ3) is 4.59. The minimum Gasteiger partial charge on any atom is -0.497 e. The summed E-state index contributed by atoms with van der Waals surface area (Å²) in [6.45, 7) is 5.08. The van der Waals surface area contributed by atoms with Crippen molar-refractivity contribution in [2.24, 2.45) is 0 Å². The van der Waals surface area contributed by atoms with Gasteiger partial charge in [0.05, 0.1) is 26.8 Å². The number of amides is 1. The predicted molar refractivity (Wildman–Crippen MR) is 108 cm³/mol. The van der Waals surface area contributed by atoms with Crippen LogP contribution in [0.4, 0.5) is 0 Å². The molecular formula is C19H31N3O5S. The topological polar surface area (TPSA) is 79.4 Å². The van der Waals surface area contributed by atoms with Crippen molar-refractivity contribution in [2.45, 2.75) is 32.7 Å². The molecule has 0 saturated carbocycles. The molecule has 2 rings (SSSR count). The van der Waals surface area contributed by atoms with Crippen LogP contribution in [-0.4, -0.2) is 75.3 Å². The predicted octanol–water partition coefficient (Wildman–Crippen LogP) is 1.89. The molecule has 1 aliphatic rings. The average Bonchev–Trinajstić information content (AvgIpc) is 3.18. The highest BCUT2D eigenvalue weighted by molar-refractivity contribution is 7.86. The number of hydrogen-bond donors (Lipinski definition) is 0. The highest BCUT2D eigenvalue weighted by atomic mass is 32.2. The molecule has 8 nitrogen and oxygen atoms in total. The quantitative estimate of drug-likeness (QED) is 0.618. The molecule has 1 aromatic carbocycles. The molecule has 9 heteroatoms. The van der Waals surface area contributed by atoms with Crippen LogP contribution >= 0.6 is 0 Å². The zero-order valence-electron chi connectivity index (χ0n) is 17.3. The van der Waals surface area contributed by atoms with E-state index in [0.717, 1.165) is 16.3 Å². The minimum atomic E-state index is -3.80. The van der Waals surface area contributed by atoms with Gasteiger partial charge in [0.25, 0.3) is 10.2 Å². The van der Waals surface area contributed by atoms with E-state index in [4.69, 9.17) is 9.47 Å². The number of hydrogen-bond acceptors (Lipinski definition) is 5. The Morgan fingerprint density at radius 2 is 1.89 bits per heavy atom. The van der Waals surface area contributed by atoms with Gasteiger partial charge in [-0.15, -0.1) is 0 Å². The molecule has 158 valence electrons. The summed E-state index contributed by atoms with van der Waals surface area (Å²) in [6, 6.07) is 5.02. The molecule has 0 N–H and O–H groups in total. The summed E-state index contributed by atoms with van der Waals surface area (Å²) in [5.41, 5.74) is 0.770. The normalized spacial score (nSPS) is 17.7. The first kappa shape index (κ1) is 22.4. The van der Waals surface area contributed by atoms with Crippen molar-refractivity contribution in [1.82, 2.24) is 13.5 Å². The van der Waals surface area contributed by atoms with Crippen molar-refractivity contribution < 1.29 is 22.7 Å². The third-order valence-electron chi connectivity index (χ3n) is 5.16. The number of carbonyl (C=O) groups is 1. The Morgan fingerprint density at radius 1 is 1.21 bits per heavy atom. The Bertz CT molecular complexity index is 780. The number of ether oxygens (including phenoxy) is 2. The lowest BCUT2D eigenvalue weighted by molar-refractivity contribution is -0.130. The molecular weight excluding hydrogens is 382 g/mol. The Labute approximate surface area is 168 Å². The van der Waals surface area contributed by atoms with Crippen LogP contribution in [0, 0.1) is 0 Å². The van der Waals surface area contributed by atoms with Gasteiger partial charge in [-0.3, -0.25) is 4.79 Å². The summed E-state index contributed by atoms with van der Waals surface area (Å²) in [5.74, 6) is 1.06. The summed E-state index contributed by atoms with van der Waals surface area (Å²) < 4.78 is 39.8. The maximum atomic E-state index is 13.2. The van der Waals surface area contributed by atoms with E-state index in [1.54, 1.807) is 31.3 Å². The molecule has 1 unspecified atom stereocenters.